The predicted octanol–water partition coefficient (Wildman–Crippen LogP) is 4.32. The maximum atomic E-state index is 13.6. The first-order valence-corrected chi connectivity index (χ1v) is 22.4. The van der Waals surface area contributed by atoms with Gasteiger partial charge in [0.1, 0.15) is 35.4 Å². The second-order valence-corrected chi connectivity index (χ2v) is 16.9. The highest BCUT2D eigenvalue weighted by Crippen LogP contribution is 2.36. The molecule has 5 aromatic rings. The summed E-state index contributed by atoms with van der Waals surface area (Å²) in [6, 6.07) is 22.3. The summed E-state index contributed by atoms with van der Waals surface area (Å²) in [6.45, 7) is 8.91. The van der Waals surface area contributed by atoms with Crippen LogP contribution in [0.4, 0.5) is 11.5 Å². The number of carbonyl (C=O) groups excluding carboxylic acids is 4. The lowest BCUT2D eigenvalue weighted by Crippen LogP contribution is -2.52. The second-order valence-electron chi connectivity index (χ2n) is 16.9. The Labute approximate surface area is 371 Å². The van der Waals surface area contributed by atoms with Crippen molar-refractivity contribution in [2.45, 2.75) is 57.2 Å². The first kappa shape index (κ1) is 42.9. The van der Waals surface area contributed by atoms with E-state index < -0.39 is 11.9 Å². The zero-order chi connectivity index (χ0) is 44.0. The first-order valence-electron chi connectivity index (χ1n) is 22.4. The van der Waals surface area contributed by atoms with Crippen LogP contribution in [0.3, 0.4) is 0 Å². The van der Waals surface area contributed by atoms with E-state index in [0.29, 0.717) is 79.5 Å². The Morgan fingerprint density at radius 2 is 1.64 bits per heavy atom. The SMILES string of the molecule is Nc1ncnc2c1c(-c1ccc(Oc3ccccc3)cc1)nn2[C@@H]1CCCN(C(=O)CCCN2CCN(CCOCCNc3cccc4c3CN(C3CCC(=O)NC3=O)C4=O)CC2)C1. The molecule has 0 saturated carbocycles. The zero-order valence-corrected chi connectivity index (χ0v) is 36.0. The number of nitrogens with zero attached hydrogens (tertiary/aromatic N) is 8. The van der Waals surface area contributed by atoms with Crippen LogP contribution in [-0.4, -0.2) is 141 Å². The Morgan fingerprint density at radius 1 is 0.859 bits per heavy atom. The number of rotatable bonds is 16. The number of hydrogen-bond acceptors (Lipinski definition) is 13. The molecule has 2 aromatic heterocycles. The summed E-state index contributed by atoms with van der Waals surface area (Å²) in [5.41, 5.74) is 11.0. The molecule has 64 heavy (non-hydrogen) atoms. The fourth-order valence-corrected chi connectivity index (χ4v) is 9.29. The van der Waals surface area contributed by atoms with Gasteiger partial charge >= 0.3 is 0 Å². The molecule has 0 bridgehead atoms. The van der Waals surface area contributed by atoms with Crippen molar-refractivity contribution in [1.29, 1.82) is 0 Å². The normalized spacial score (nSPS) is 19.5. The van der Waals surface area contributed by atoms with Crippen LogP contribution in [-0.2, 0) is 25.7 Å². The first-order chi connectivity index (χ1) is 31.3. The second kappa shape index (κ2) is 19.5. The molecule has 0 radical (unpaired) electrons. The topological polar surface area (TPSA) is 193 Å². The summed E-state index contributed by atoms with van der Waals surface area (Å²) in [6.07, 6.45) is 5.12. The Kier molecular flexibility index (Phi) is 13.1. The lowest BCUT2D eigenvalue weighted by Gasteiger charge is -2.35. The van der Waals surface area contributed by atoms with Gasteiger partial charge in [-0.25, -0.2) is 14.6 Å². The van der Waals surface area contributed by atoms with Crippen LogP contribution in [0.1, 0.15) is 60.5 Å². The number of nitrogens with two attached hydrogens (primary N) is 1. The van der Waals surface area contributed by atoms with Gasteiger partial charge in [0.2, 0.25) is 17.7 Å². The number of ether oxygens (including phenoxy) is 2. The van der Waals surface area contributed by atoms with Crippen LogP contribution in [0.15, 0.2) is 79.1 Å². The number of piperidine rings is 2. The number of nitrogens with one attached hydrogen (secondary N) is 2. The number of hydrogen-bond donors (Lipinski definition) is 3. The molecule has 4 N–H and O–H groups in total. The number of para-hydroxylation sites is 1. The standard InChI is InChI=1S/C47H55N11O6/c48-44-42-43(32-13-15-35(16-14-32)64-34-8-2-1-3-9-34)53-58(45(42)51-31-50-44)33-7-5-21-56(29-33)41(60)12-6-20-54-22-24-55(25-23-54)26-28-63-27-19-49-38-11-4-10-36-37(38)30-57(47(36)62)39-17-18-40(59)52-46(39)61/h1-4,8-11,13-16,31,33,39,49H,5-7,12,17-30H2,(H2,48,50,51)(H,52,59,61)/t33-,39?/m1/s1. The van der Waals surface area contributed by atoms with Gasteiger partial charge in [-0.1, -0.05) is 24.3 Å². The fourth-order valence-electron chi connectivity index (χ4n) is 9.29. The predicted molar refractivity (Wildman–Crippen MR) is 240 cm³/mol. The van der Waals surface area contributed by atoms with Crippen molar-refractivity contribution in [3.05, 3.63) is 90.3 Å². The third-order valence-electron chi connectivity index (χ3n) is 12.7. The number of imide groups is 1. The molecule has 0 spiro atoms. The number of benzene rings is 3. The number of likely N-dealkylation sites (tertiary alicyclic amines) is 1. The Morgan fingerprint density at radius 3 is 2.44 bits per heavy atom. The Bertz CT molecular complexity index is 2470. The minimum absolute atomic E-state index is 0.0336. The summed E-state index contributed by atoms with van der Waals surface area (Å²) in [5, 5.41) is 11.5. The van der Waals surface area contributed by atoms with Crippen LogP contribution in [0.25, 0.3) is 22.3 Å². The largest absolute Gasteiger partial charge is 0.457 e. The van der Waals surface area contributed by atoms with Gasteiger partial charge in [0.15, 0.2) is 5.65 Å². The molecule has 17 heteroatoms. The molecule has 334 valence electrons. The van der Waals surface area contributed by atoms with E-state index in [1.54, 1.807) is 11.0 Å². The quantitative estimate of drug-likeness (QED) is 0.0939. The monoisotopic (exact) mass is 869 g/mol. The van der Waals surface area contributed by atoms with Gasteiger partial charge in [-0.3, -0.25) is 29.4 Å². The van der Waals surface area contributed by atoms with Crippen molar-refractivity contribution in [2.75, 3.05) is 83.2 Å². The molecule has 4 amide bonds. The molecule has 0 aliphatic carbocycles. The van der Waals surface area contributed by atoms with E-state index >= 15 is 0 Å². The molecule has 4 aliphatic heterocycles. The van der Waals surface area contributed by atoms with Crippen LogP contribution in [0.2, 0.25) is 0 Å². The molecule has 4 aliphatic rings. The Hall–Kier alpha value is -6.43. The van der Waals surface area contributed by atoms with E-state index in [9.17, 15) is 19.2 Å². The molecule has 6 heterocycles. The summed E-state index contributed by atoms with van der Waals surface area (Å²) in [4.78, 5) is 68.1. The number of fused-ring (bicyclic) bond motifs is 2. The smallest absolute Gasteiger partial charge is 0.255 e. The van der Waals surface area contributed by atoms with Gasteiger partial charge in [0.05, 0.1) is 24.6 Å². The summed E-state index contributed by atoms with van der Waals surface area (Å²) >= 11 is 0. The number of nitrogen functional groups attached to an aromatic ring is 1. The van der Waals surface area contributed by atoms with Crippen molar-refractivity contribution in [3.63, 3.8) is 0 Å². The summed E-state index contributed by atoms with van der Waals surface area (Å²) < 4.78 is 13.9. The van der Waals surface area contributed by atoms with Crippen molar-refractivity contribution >= 4 is 46.2 Å². The van der Waals surface area contributed by atoms with E-state index in [1.807, 2.05) is 76.3 Å². The lowest BCUT2D eigenvalue weighted by atomic mass is 10.0. The van der Waals surface area contributed by atoms with Crippen LogP contribution >= 0.6 is 0 Å². The third-order valence-corrected chi connectivity index (χ3v) is 12.7. The van der Waals surface area contributed by atoms with E-state index in [2.05, 4.69) is 30.4 Å². The van der Waals surface area contributed by atoms with Gasteiger partial charge in [-0.15, -0.1) is 0 Å². The van der Waals surface area contributed by atoms with Gasteiger partial charge in [-0.2, -0.15) is 5.10 Å². The molecule has 3 fully saturated rings. The number of piperazine rings is 1. The summed E-state index contributed by atoms with van der Waals surface area (Å²) in [7, 11) is 0. The van der Waals surface area contributed by atoms with Crippen molar-refractivity contribution < 1.29 is 28.7 Å². The number of anilines is 2. The average Bonchev–Trinajstić information content (AvgIpc) is 3.88. The van der Waals surface area contributed by atoms with Crippen LogP contribution in [0.5, 0.6) is 11.5 Å². The van der Waals surface area contributed by atoms with Crippen molar-refractivity contribution in [1.82, 2.24) is 44.7 Å². The van der Waals surface area contributed by atoms with E-state index in [-0.39, 0.29) is 30.2 Å². The molecule has 2 atom stereocenters. The minimum atomic E-state index is -0.638. The highest BCUT2D eigenvalue weighted by atomic mass is 16.5. The Balaban J connectivity index is 0.685. The van der Waals surface area contributed by atoms with E-state index in [1.165, 1.54) is 6.33 Å². The molecule has 3 aromatic carbocycles. The molecule has 1 unspecified atom stereocenters. The molecule has 17 nitrogen and oxygen atoms in total. The molecule has 9 rings (SSSR count). The molecule has 3 saturated heterocycles. The van der Waals surface area contributed by atoms with Crippen LogP contribution < -0.4 is 21.1 Å². The third kappa shape index (κ3) is 9.56. The van der Waals surface area contributed by atoms with E-state index in [0.717, 1.165) is 87.6 Å². The minimum Gasteiger partial charge on any atom is -0.457 e. The van der Waals surface area contributed by atoms with Crippen LogP contribution in [0, 0.1) is 0 Å². The van der Waals surface area contributed by atoms with Gasteiger partial charge in [0.25, 0.3) is 5.91 Å². The van der Waals surface area contributed by atoms with E-state index in [4.69, 9.17) is 20.3 Å². The number of amides is 4. The maximum absolute atomic E-state index is 13.6. The van der Waals surface area contributed by atoms with Crippen molar-refractivity contribution in [2.24, 2.45) is 0 Å². The lowest BCUT2D eigenvalue weighted by molar-refractivity contribution is -0.137. The molecular weight excluding hydrogens is 815 g/mol. The van der Waals surface area contributed by atoms with Gasteiger partial charge in [-0.05, 0) is 80.8 Å². The highest BCUT2D eigenvalue weighted by Gasteiger charge is 2.40. The molecular formula is C47H55N11O6. The highest BCUT2D eigenvalue weighted by molar-refractivity contribution is 6.06. The summed E-state index contributed by atoms with van der Waals surface area (Å²) in [5.74, 6) is 1.13. The van der Waals surface area contributed by atoms with Gasteiger partial charge < -0.3 is 35.2 Å². The average molecular weight is 870 g/mol. The van der Waals surface area contributed by atoms with Crippen molar-refractivity contribution in [3.8, 4) is 22.8 Å². The number of aromatic nitrogens is 4. The zero-order valence-electron chi connectivity index (χ0n) is 36.0. The number of carbonyl (C=O) groups is 4. The fraction of sp³-hybridized carbons (Fsp3) is 0.426. The maximum Gasteiger partial charge on any atom is 0.255 e. The van der Waals surface area contributed by atoms with Gasteiger partial charge in [0, 0.05) is 94.1 Å².